The third-order valence-corrected chi connectivity index (χ3v) is 2.74. The molecule has 1 rings (SSSR count). The third-order valence-electron chi connectivity index (χ3n) is 2.50. The third kappa shape index (κ3) is 3.10. The monoisotopic (exact) mass is 295 g/mol. The molecule has 0 N–H and O–H groups in total. The largest absolute Gasteiger partial charge is 0.347 e. The maximum Gasteiger partial charge on any atom is 0.281 e. The molecule has 104 valence electrons. The minimum atomic E-state index is -1.62. The maximum absolute atomic E-state index is 12.1. The quantitative estimate of drug-likeness (QED) is 0.363. The highest BCUT2D eigenvalue weighted by Crippen LogP contribution is 2.25. The van der Waals surface area contributed by atoms with Crippen molar-refractivity contribution in [2.45, 2.75) is 0 Å². The van der Waals surface area contributed by atoms with Gasteiger partial charge in [-0.25, -0.2) is 0 Å². The molecule has 0 heterocycles. The van der Waals surface area contributed by atoms with E-state index in [9.17, 15) is 19.7 Å². The molecule has 8 heteroatoms. The second kappa shape index (κ2) is 6.12. The van der Waals surface area contributed by atoms with Gasteiger partial charge in [0.05, 0.1) is 16.6 Å². The van der Waals surface area contributed by atoms with Crippen molar-refractivity contribution >= 4 is 29.0 Å². The van der Waals surface area contributed by atoms with Gasteiger partial charge in [-0.05, 0) is 12.1 Å². The van der Waals surface area contributed by atoms with E-state index >= 15 is 0 Å². The highest BCUT2D eigenvalue weighted by molar-refractivity contribution is 6.31. The van der Waals surface area contributed by atoms with Gasteiger partial charge in [-0.1, -0.05) is 11.6 Å². The molecule has 1 atom stereocenters. The first-order valence-corrected chi connectivity index (χ1v) is 5.76. The van der Waals surface area contributed by atoms with E-state index in [-0.39, 0.29) is 10.6 Å². The van der Waals surface area contributed by atoms with Crippen LogP contribution in [0.2, 0.25) is 5.02 Å². The lowest BCUT2D eigenvalue weighted by atomic mass is 9.96. The molecule has 1 amide bonds. The zero-order valence-corrected chi connectivity index (χ0v) is 11.4. The molecule has 20 heavy (non-hydrogen) atoms. The lowest BCUT2D eigenvalue weighted by Gasteiger charge is -2.14. The Morgan fingerprint density at radius 3 is 2.50 bits per heavy atom. The van der Waals surface area contributed by atoms with Crippen molar-refractivity contribution in [2.24, 2.45) is 5.92 Å². The molecule has 0 aliphatic heterocycles. The second-order valence-electron chi connectivity index (χ2n) is 4.08. The van der Waals surface area contributed by atoms with E-state index in [1.807, 2.05) is 0 Å². The van der Waals surface area contributed by atoms with E-state index < -0.39 is 28.2 Å². The summed E-state index contributed by atoms with van der Waals surface area (Å²) < 4.78 is 0. The first-order valence-electron chi connectivity index (χ1n) is 5.38. The average molecular weight is 296 g/mol. The molecule has 0 fully saturated rings. The molecular weight excluding hydrogens is 286 g/mol. The van der Waals surface area contributed by atoms with Crippen LogP contribution in [0.25, 0.3) is 0 Å². The predicted molar refractivity (Wildman–Crippen MR) is 70.2 cm³/mol. The molecule has 0 bridgehead atoms. The Bertz CT molecular complexity index is 622. The Balaban J connectivity index is 3.31. The summed E-state index contributed by atoms with van der Waals surface area (Å²) in [6, 6.07) is 4.99. The number of nitrogens with zero attached hydrogens (tertiary/aromatic N) is 3. The van der Waals surface area contributed by atoms with Crippen molar-refractivity contribution in [3.8, 4) is 6.07 Å². The highest BCUT2D eigenvalue weighted by atomic mass is 35.5. The molecule has 0 aliphatic rings. The van der Waals surface area contributed by atoms with E-state index in [4.69, 9.17) is 16.9 Å². The van der Waals surface area contributed by atoms with Crippen LogP contribution in [0.5, 0.6) is 0 Å². The van der Waals surface area contributed by atoms with Crippen molar-refractivity contribution in [3.05, 3.63) is 38.9 Å². The van der Waals surface area contributed by atoms with Gasteiger partial charge >= 0.3 is 0 Å². The molecule has 0 saturated heterocycles. The zero-order valence-electron chi connectivity index (χ0n) is 10.7. The predicted octanol–water partition coefficient (Wildman–Crippen LogP) is 1.66. The number of halogens is 1. The van der Waals surface area contributed by atoms with Gasteiger partial charge in [0.2, 0.25) is 5.91 Å². The summed E-state index contributed by atoms with van der Waals surface area (Å²) >= 11 is 5.64. The van der Waals surface area contributed by atoms with Crippen LogP contribution in [-0.4, -0.2) is 35.6 Å². The van der Waals surface area contributed by atoms with Crippen LogP contribution in [-0.2, 0) is 4.79 Å². The molecule has 7 nitrogen and oxygen atoms in total. The number of Topliss-reactive ketones (excluding diaryl/α,β-unsaturated/α-hetero) is 1. The summed E-state index contributed by atoms with van der Waals surface area (Å²) in [5.41, 5.74) is -0.851. The lowest BCUT2D eigenvalue weighted by Crippen LogP contribution is -2.34. The molecule has 0 aliphatic carbocycles. The number of carbonyl (C=O) groups excluding carboxylic acids is 2. The van der Waals surface area contributed by atoms with Crippen LogP contribution in [0.3, 0.4) is 0 Å². The second-order valence-corrected chi connectivity index (χ2v) is 4.51. The summed E-state index contributed by atoms with van der Waals surface area (Å²) in [5, 5.41) is 19.9. The van der Waals surface area contributed by atoms with E-state index in [0.717, 1.165) is 17.0 Å². The molecular formula is C12H10ClN3O4. The van der Waals surface area contributed by atoms with Crippen molar-refractivity contribution in [3.63, 3.8) is 0 Å². The number of carbonyl (C=O) groups is 2. The minimum absolute atomic E-state index is 0.0840. The van der Waals surface area contributed by atoms with Gasteiger partial charge in [-0.3, -0.25) is 19.7 Å². The van der Waals surface area contributed by atoms with Crippen LogP contribution in [0.4, 0.5) is 5.69 Å². The first kappa shape index (κ1) is 15.6. The van der Waals surface area contributed by atoms with Crippen LogP contribution < -0.4 is 0 Å². The van der Waals surface area contributed by atoms with E-state index in [1.165, 1.54) is 20.2 Å². The van der Waals surface area contributed by atoms with Gasteiger partial charge in [-0.15, -0.1) is 0 Å². The van der Waals surface area contributed by atoms with Crippen molar-refractivity contribution in [1.82, 2.24) is 4.90 Å². The summed E-state index contributed by atoms with van der Waals surface area (Å²) in [4.78, 5) is 35.1. The molecule has 1 aromatic carbocycles. The van der Waals surface area contributed by atoms with Crippen molar-refractivity contribution < 1.29 is 14.5 Å². The Morgan fingerprint density at radius 1 is 1.45 bits per heavy atom. The molecule has 0 radical (unpaired) electrons. The topological polar surface area (TPSA) is 104 Å². The van der Waals surface area contributed by atoms with E-state index in [0.29, 0.717) is 0 Å². The lowest BCUT2D eigenvalue weighted by molar-refractivity contribution is -0.385. The average Bonchev–Trinajstić information content (AvgIpc) is 2.38. The van der Waals surface area contributed by atoms with E-state index in [1.54, 1.807) is 6.07 Å². The van der Waals surface area contributed by atoms with Gasteiger partial charge in [0, 0.05) is 25.2 Å². The number of hydrogen-bond donors (Lipinski definition) is 0. The van der Waals surface area contributed by atoms with Crippen LogP contribution in [0.1, 0.15) is 10.4 Å². The fourth-order valence-corrected chi connectivity index (χ4v) is 1.67. The maximum atomic E-state index is 12.1. The fraction of sp³-hybridized carbons (Fsp3) is 0.250. The zero-order chi connectivity index (χ0) is 15.4. The van der Waals surface area contributed by atoms with Gasteiger partial charge in [-0.2, -0.15) is 5.26 Å². The number of nitro benzene ring substituents is 1. The molecule has 0 saturated carbocycles. The summed E-state index contributed by atoms with van der Waals surface area (Å²) in [6.07, 6.45) is 0. The summed E-state index contributed by atoms with van der Waals surface area (Å²) in [6.45, 7) is 0. The number of amides is 1. The van der Waals surface area contributed by atoms with Crippen molar-refractivity contribution in [1.29, 1.82) is 5.26 Å². The number of nitriles is 1. The molecule has 0 aromatic heterocycles. The normalized spacial score (nSPS) is 11.3. The Kier molecular flexibility index (Phi) is 4.78. The smallest absolute Gasteiger partial charge is 0.281 e. The van der Waals surface area contributed by atoms with Crippen molar-refractivity contribution in [2.75, 3.05) is 14.1 Å². The molecule has 1 aromatic rings. The number of benzene rings is 1. The standard InChI is InChI=1S/C12H10ClN3O4/c1-15(2)12(18)9(6-14)11(17)8-4-3-7(13)5-10(8)16(19)20/h3-5,9H,1-2H3. The van der Waals surface area contributed by atoms with Crippen LogP contribution >= 0.6 is 11.6 Å². The van der Waals surface area contributed by atoms with Gasteiger partial charge < -0.3 is 4.90 Å². The SMILES string of the molecule is CN(C)C(=O)C(C#N)C(=O)c1ccc(Cl)cc1[N+](=O)[O-]. The fourth-order valence-electron chi connectivity index (χ4n) is 1.50. The van der Waals surface area contributed by atoms with Gasteiger partial charge in [0.25, 0.3) is 5.69 Å². The van der Waals surface area contributed by atoms with Gasteiger partial charge in [0.1, 0.15) is 0 Å². The minimum Gasteiger partial charge on any atom is -0.347 e. The number of hydrogen-bond acceptors (Lipinski definition) is 5. The summed E-state index contributed by atoms with van der Waals surface area (Å²) in [7, 11) is 2.77. The molecule has 1 unspecified atom stereocenters. The highest BCUT2D eigenvalue weighted by Gasteiger charge is 2.33. The van der Waals surface area contributed by atoms with Gasteiger partial charge in [0.15, 0.2) is 11.7 Å². The number of ketones is 1. The Labute approximate surface area is 119 Å². The number of rotatable bonds is 4. The van der Waals surface area contributed by atoms with E-state index in [2.05, 4.69) is 0 Å². The number of nitro groups is 1. The Hall–Kier alpha value is -2.46. The Morgan fingerprint density at radius 2 is 2.05 bits per heavy atom. The van der Waals surface area contributed by atoms with Crippen LogP contribution in [0.15, 0.2) is 18.2 Å². The molecule has 0 spiro atoms. The summed E-state index contributed by atoms with van der Waals surface area (Å²) in [5.74, 6) is -3.28. The van der Waals surface area contributed by atoms with Crippen LogP contribution in [0, 0.1) is 27.4 Å². The first-order chi connectivity index (χ1) is 9.29.